The molecular formula is C21H27FN2O4S. The van der Waals surface area contributed by atoms with Crippen LogP contribution in [0.25, 0.3) is 0 Å². The summed E-state index contributed by atoms with van der Waals surface area (Å²) in [6.07, 6.45) is 0. The molecule has 6 nitrogen and oxygen atoms in total. The van der Waals surface area contributed by atoms with E-state index in [1.54, 1.807) is 45.0 Å². The summed E-state index contributed by atoms with van der Waals surface area (Å²) >= 11 is 0. The molecule has 8 heteroatoms. The highest BCUT2D eigenvalue weighted by molar-refractivity contribution is 7.89. The van der Waals surface area contributed by atoms with Crippen molar-refractivity contribution in [1.29, 1.82) is 0 Å². The fourth-order valence-electron chi connectivity index (χ4n) is 2.90. The molecule has 0 saturated carbocycles. The second-order valence-corrected chi connectivity index (χ2v) is 8.57. The van der Waals surface area contributed by atoms with Gasteiger partial charge < -0.3 is 10.1 Å². The topological polar surface area (TPSA) is 75.7 Å². The van der Waals surface area contributed by atoms with Crippen molar-refractivity contribution < 1.29 is 22.3 Å². The Balaban J connectivity index is 2.12. The molecule has 2 aromatic rings. The molecule has 0 saturated heterocycles. The molecule has 0 aliphatic rings. The van der Waals surface area contributed by atoms with Gasteiger partial charge in [-0.1, -0.05) is 19.1 Å². The maximum Gasteiger partial charge on any atom is 0.243 e. The van der Waals surface area contributed by atoms with Crippen LogP contribution in [0.4, 0.5) is 4.39 Å². The van der Waals surface area contributed by atoms with E-state index in [2.05, 4.69) is 5.32 Å². The number of carbonyl (C=O) groups is 1. The quantitative estimate of drug-likeness (QED) is 0.672. The Morgan fingerprint density at radius 2 is 1.83 bits per heavy atom. The number of hydrogen-bond acceptors (Lipinski definition) is 4. The lowest BCUT2D eigenvalue weighted by molar-refractivity contribution is -0.121. The molecule has 1 amide bonds. The number of amides is 1. The van der Waals surface area contributed by atoms with Gasteiger partial charge in [0.15, 0.2) is 0 Å². The van der Waals surface area contributed by atoms with E-state index >= 15 is 0 Å². The highest BCUT2D eigenvalue weighted by Gasteiger charge is 2.26. The molecule has 0 aliphatic carbocycles. The lowest BCUT2D eigenvalue weighted by Gasteiger charge is -2.22. The van der Waals surface area contributed by atoms with Gasteiger partial charge in [0.1, 0.15) is 11.6 Å². The summed E-state index contributed by atoms with van der Waals surface area (Å²) < 4.78 is 45.6. The average Bonchev–Trinajstić information content (AvgIpc) is 2.68. The van der Waals surface area contributed by atoms with Crippen molar-refractivity contribution in [2.24, 2.45) is 0 Å². The minimum absolute atomic E-state index is 0.111. The average molecular weight is 423 g/mol. The molecule has 0 fully saturated rings. The van der Waals surface area contributed by atoms with E-state index in [0.717, 1.165) is 9.87 Å². The maximum atomic E-state index is 13.1. The van der Waals surface area contributed by atoms with E-state index in [4.69, 9.17) is 4.74 Å². The number of halogens is 1. The van der Waals surface area contributed by atoms with Crippen LogP contribution in [-0.4, -0.2) is 38.3 Å². The third kappa shape index (κ3) is 5.77. The van der Waals surface area contributed by atoms with Crippen LogP contribution in [0.2, 0.25) is 0 Å². The normalized spacial score (nSPS) is 12.6. The minimum atomic E-state index is -3.84. The van der Waals surface area contributed by atoms with Gasteiger partial charge in [-0.05, 0) is 62.2 Å². The standard InChI is InChI=1S/C21H27FN2O4S/c1-5-24(14-21(25)23-16(4)17-7-9-18(22)10-8-17)29(26,27)19-11-12-20(28-6-2)15(3)13-19/h7-13,16H,5-6,14H2,1-4H3,(H,23,25)/t16-/m0/s1. The molecule has 1 N–H and O–H groups in total. The van der Waals surface area contributed by atoms with Gasteiger partial charge >= 0.3 is 0 Å². The van der Waals surface area contributed by atoms with Gasteiger partial charge in [-0.3, -0.25) is 4.79 Å². The molecule has 0 aliphatic heterocycles. The SMILES string of the molecule is CCOc1ccc(S(=O)(=O)N(CC)CC(=O)N[C@@H](C)c2ccc(F)cc2)cc1C. The fourth-order valence-corrected chi connectivity index (χ4v) is 4.39. The molecule has 0 radical (unpaired) electrons. The van der Waals surface area contributed by atoms with Crippen molar-refractivity contribution in [2.75, 3.05) is 19.7 Å². The smallest absolute Gasteiger partial charge is 0.243 e. The largest absolute Gasteiger partial charge is 0.494 e. The van der Waals surface area contributed by atoms with Crippen LogP contribution in [0.1, 0.15) is 37.9 Å². The number of likely N-dealkylation sites (N-methyl/N-ethyl adjacent to an activating group) is 1. The molecule has 0 bridgehead atoms. The summed E-state index contributed by atoms with van der Waals surface area (Å²) in [6, 6.07) is 10.1. The number of ether oxygens (including phenoxy) is 1. The van der Waals surface area contributed by atoms with E-state index in [-0.39, 0.29) is 29.8 Å². The number of sulfonamides is 1. The lowest BCUT2D eigenvalue weighted by Crippen LogP contribution is -2.41. The Bertz CT molecular complexity index is 946. The summed E-state index contributed by atoms with van der Waals surface area (Å²) in [4.78, 5) is 12.5. The van der Waals surface area contributed by atoms with Crippen LogP contribution in [0.15, 0.2) is 47.4 Å². The first-order valence-electron chi connectivity index (χ1n) is 9.47. The number of nitrogens with zero attached hydrogens (tertiary/aromatic N) is 1. The predicted molar refractivity (Wildman–Crippen MR) is 110 cm³/mol. The molecule has 0 unspecified atom stereocenters. The van der Waals surface area contributed by atoms with Gasteiger partial charge in [-0.2, -0.15) is 4.31 Å². The van der Waals surface area contributed by atoms with Crippen LogP contribution < -0.4 is 10.1 Å². The predicted octanol–water partition coefficient (Wildman–Crippen LogP) is 3.42. The van der Waals surface area contributed by atoms with Crippen molar-refractivity contribution in [2.45, 2.75) is 38.6 Å². The third-order valence-corrected chi connectivity index (χ3v) is 6.42. The minimum Gasteiger partial charge on any atom is -0.494 e. The summed E-state index contributed by atoms with van der Waals surface area (Å²) in [5.74, 6) is -0.170. The van der Waals surface area contributed by atoms with Crippen molar-refractivity contribution in [3.8, 4) is 5.75 Å². The van der Waals surface area contributed by atoms with Gasteiger partial charge in [0.25, 0.3) is 0 Å². The molecule has 158 valence electrons. The molecule has 29 heavy (non-hydrogen) atoms. The number of hydrogen-bond donors (Lipinski definition) is 1. The zero-order valence-corrected chi connectivity index (χ0v) is 17.9. The summed E-state index contributed by atoms with van der Waals surface area (Å²) in [5.41, 5.74) is 1.44. The molecule has 2 aromatic carbocycles. The van der Waals surface area contributed by atoms with Crippen LogP contribution in [0.3, 0.4) is 0 Å². The molecular weight excluding hydrogens is 395 g/mol. The second kappa shape index (κ2) is 9.84. The van der Waals surface area contributed by atoms with E-state index in [1.807, 2.05) is 6.92 Å². The summed E-state index contributed by atoms with van der Waals surface area (Å²) in [6.45, 7) is 7.39. The van der Waals surface area contributed by atoms with Gasteiger partial charge in [0.2, 0.25) is 15.9 Å². The van der Waals surface area contributed by atoms with E-state index in [1.165, 1.54) is 18.2 Å². The molecule has 0 spiro atoms. The van der Waals surface area contributed by atoms with Crippen molar-refractivity contribution in [3.63, 3.8) is 0 Å². The Hall–Kier alpha value is -2.45. The Morgan fingerprint density at radius 3 is 2.38 bits per heavy atom. The number of rotatable bonds is 9. The Labute approximate surface area is 171 Å². The second-order valence-electron chi connectivity index (χ2n) is 6.63. The molecule has 0 aromatic heterocycles. The van der Waals surface area contributed by atoms with E-state index < -0.39 is 15.9 Å². The van der Waals surface area contributed by atoms with E-state index in [9.17, 15) is 17.6 Å². The van der Waals surface area contributed by atoms with Crippen LogP contribution in [0, 0.1) is 12.7 Å². The van der Waals surface area contributed by atoms with Crippen LogP contribution >= 0.6 is 0 Å². The first kappa shape index (κ1) is 22.8. The summed E-state index contributed by atoms with van der Waals surface area (Å²) in [5, 5.41) is 2.75. The number of nitrogens with one attached hydrogen (secondary N) is 1. The monoisotopic (exact) mass is 422 g/mol. The molecule has 2 rings (SSSR count). The van der Waals surface area contributed by atoms with Crippen molar-refractivity contribution in [1.82, 2.24) is 9.62 Å². The number of carbonyl (C=O) groups excluding carboxylic acids is 1. The van der Waals surface area contributed by atoms with Gasteiger partial charge in [0.05, 0.1) is 24.1 Å². The third-order valence-electron chi connectivity index (χ3n) is 4.50. The van der Waals surface area contributed by atoms with Gasteiger partial charge in [-0.15, -0.1) is 0 Å². The number of benzene rings is 2. The highest BCUT2D eigenvalue weighted by atomic mass is 32.2. The van der Waals surface area contributed by atoms with Crippen LogP contribution in [-0.2, 0) is 14.8 Å². The molecule has 0 heterocycles. The lowest BCUT2D eigenvalue weighted by atomic mass is 10.1. The zero-order valence-electron chi connectivity index (χ0n) is 17.1. The Kier molecular flexibility index (Phi) is 7.75. The first-order chi connectivity index (χ1) is 13.7. The van der Waals surface area contributed by atoms with Crippen molar-refractivity contribution >= 4 is 15.9 Å². The fraction of sp³-hybridized carbons (Fsp3) is 0.381. The Morgan fingerprint density at radius 1 is 1.17 bits per heavy atom. The van der Waals surface area contributed by atoms with Crippen molar-refractivity contribution in [3.05, 3.63) is 59.4 Å². The zero-order chi connectivity index (χ0) is 21.6. The first-order valence-corrected chi connectivity index (χ1v) is 10.9. The number of aryl methyl sites for hydroxylation is 1. The van der Waals surface area contributed by atoms with Gasteiger partial charge in [-0.25, -0.2) is 12.8 Å². The maximum absolute atomic E-state index is 13.1. The van der Waals surface area contributed by atoms with Gasteiger partial charge in [0, 0.05) is 6.54 Å². The van der Waals surface area contributed by atoms with Crippen LogP contribution in [0.5, 0.6) is 5.75 Å². The highest BCUT2D eigenvalue weighted by Crippen LogP contribution is 2.24. The molecule has 1 atom stereocenters. The van der Waals surface area contributed by atoms with E-state index in [0.29, 0.717) is 17.9 Å². The summed E-state index contributed by atoms with van der Waals surface area (Å²) in [7, 11) is -3.84.